The lowest BCUT2D eigenvalue weighted by Gasteiger charge is -2.51. The third-order valence-electron chi connectivity index (χ3n) is 4.88. The van der Waals surface area contributed by atoms with Crippen molar-refractivity contribution in [1.82, 2.24) is 4.90 Å². The Balaban J connectivity index is 2.30. The van der Waals surface area contributed by atoms with Gasteiger partial charge in [0.25, 0.3) is 0 Å². The van der Waals surface area contributed by atoms with E-state index in [9.17, 15) is 9.90 Å². The summed E-state index contributed by atoms with van der Waals surface area (Å²) in [4.78, 5) is 14.2. The number of carbonyl (C=O) groups is 1. The number of carbonyl (C=O) groups excluding carboxylic acids is 1. The van der Waals surface area contributed by atoms with Crippen LogP contribution in [0.1, 0.15) is 46.6 Å². The van der Waals surface area contributed by atoms with E-state index in [0.717, 1.165) is 5.56 Å². The fraction of sp³-hybridized carbons (Fsp3) is 0.650. The topological polar surface area (TPSA) is 59.0 Å². The van der Waals surface area contributed by atoms with Crippen LogP contribution in [0.4, 0.5) is 4.79 Å². The van der Waals surface area contributed by atoms with E-state index >= 15 is 0 Å². The third kappa shape index (κ3) is 4.51. The largest absolute Gasteiger partial charge is 0.444 e. The van der Waals surface area contributed by atoms with Gasteiger partial charge in [-0.3, -0.25) is 0 Å². The molecule has 5 nitrogen and oxygen atoms in total. The lowest BCUT2D eigenvalue weighted by molar-refractivity contribution is -0.158. The molecule has 1 heterocycles. The third-order valence-corrected chi connectivity index (χ3v) is 5.13. The highest BCUT2D eigenvalue weighted by atomic mass is 35.5. The van der Waals surface area contributed by atoms with Crippen molar-refractivity contribution in [3.05, 3.63) is 34.9 Å². The summed E-state index contributed by atoms with van der Waals surface area (Å²) in [5, 5.41) is 12.2. The van der Waals surface area contributed by atoms with E-state index in [1.807, 2.05) is 46.8 Å². The molecule has 0 saturated carbocycles. The quantitative estimate of drug-likeness (QED) is 0.846. The van der Waals surface area contributed by atoms with E-state index in [-0.39, 0.29) is 6.09 Å². The summed E-state index contributed by atoms with van der Waals surface area (Å²) in [6, 6.07) is 7.23. The number of halogens is 1. The molecule has 1 fully saturated rings. The van der Waals surface area contributed by atoms with Crippen LogP contribution >= 0.6 is 11.6 Å². The van der Waals surface area contributed by atoms with Crippen molar-refractivity contribution in [3.63, 3.8) is 0 Å². The summed E-state index contributed by atoms with van der Waals surface area (Å²) in [6.45, 7) is 11.0. The van der Waals surface area contributed by atoms with Gasteiger partial charge >= 0.3 is 6.09 Å². The molecule has 0 bridgehead atoms. The van der Waals surface area contributed by atoms with E-state index in [4.69, 9.17) is 21.1 Å². The summed E-state index contributed by atoms with van der Waals surface area (Å²) in [5.41, 5.74) is -1.57. The van der Waals surface area contributed by atoms with Gasteiger partial charge in [-0.05, 0) is 51.8 Å². The highest BCUT2D eigenvalue weighted by Gasteiger charge is 2.53. The van der Waals surface area contributed by atoms with Crippen molar-refractivity contribution < 1.29 is 19.4 Å². The Bertz CT molecular complexity index is 628. The molecule has 6 heteroatoms. The first-order valence-electron chi connectivity index (χ1n) is 9.05. The van der Waals surface area contributed by atoms with Gasteiger partial charge in [-0.15, -0.1) is 0 Å². The minimum Gasteiger partial charge on any atom is -0.444 e. The maximum atomic E-state index is 12.5. The molecule has 1 saturated heterocycles. The van der Waals surface area contributed by atoms with Crippen LogP contribution in [0, 0.1) is 5.41 Å². The van der Waals surface area contributed by atoms with E-state index in [2.05, 4.69) is 0 Å². The maximum Gasteiger partial charge on any atom is 0.410 e. The van der Waals surface area contributed by atoms with E-state index in [0.29, 0.717) is 37.7 Å². The molecule has 0 radical (unpaired) electrons. The molecule has 1 aliphatic heterocycles. The van der Waals surface area contributed by atoms with Crippen LogP contribution in [0.15, 0.2) is 24.3 Å². The molecule has 2 rings (SSSR count). The molecule has 26 heavy (non-hydrogen) atoms. The second-order valence-electron chi connectivity index (χ2n) is 8.22. The minimum absolute atomic E-state index is 0.335. The highest BCUT2D eigenvalue weighted by Crippen LogP contribution is 2.47. The van der Waals surface area contributed by atoms with Crippen molar-refractivity contribution in [2.24, 2.45) is 5.41 Å². The van der Waals surface area contributed by atoms with Gasteiger partial charge in [-0.25, -0.2) is 4.79 Å². The predicted molar refractivity (Wildman–Crippen MR) is 102 cm³/mol. The number of ether oxygens (including phenoxy) is 2. The number of amides is 1. The van der Waals surface area contributed by atoms with Crippen LogP contribution < -0.4 is 0 Å². The zero-order valence-electron chi connectivity index (χ0n) is 16.3. The Labute approximate surface area is 161 Å². The Morgan fingerprint density at radius 2 is 1.92 bits per heavy atom. The van der Waals surface area contributed by atoms with Crippen LogP contribution in [0.5, 0.6) is 0 Å². The van der Waals surface area contributed by atoms with Crippen molar-refractivity contribution in [2.75, 3.05) is 26.3 Å². The van der Waals surface area contributed by atoms with E-state index in [1.54, 1.807) is 17.0 Å². The second-order valence-corrected chi connectivity index (χ2v) is 8.65. The standard InChI is InChI=1S/C20H30ClNO4/c1-6-25-14-19(5)13-22(17(23)26-18(2,3)4)12-11-20(19,24)15-7-9-16(21)10-8-15/h7-10,24H,6,11-14H2,1-5H3. The predicted octanol–water partition coefficient (Wildman–Crippen LogP) is 4.21. The van der Waals surface area contributed by atoms with Crippen molar-refractivity contribution in [1.29, 1.82) is 0 Å². The molecule has 0 spiro atoms. The molecular formula is C20H30ClNO4. The Morgan fingerprint density at radius 3 is 2.46 bits per heavy atom. The van der Waals surface area contributed by atoms with Gasteiger partial charge in [0.2, 0.25) is 0 Å². The van der Waals surface area contributed by atoms with Gasteiger partial charge < -0.3 is 19.5 Å². The first kappa shape index (κ1) is 21.0. The number of aliphatic hydroxyl groups is 1. The van der Waals surface area contributed by atoms with Crippen molar-refractivity contribution in [3.8, 4) is 0 Å². The monoisotopic (exact) mass is 383 g/mol. The number of rotatable bonds is 4. The molecule has 1 N–H and O–H groups in total. The first-order valence-corrected chi connectivity index (χ1v) is 9.43. The lowest BCUT2D eigenvalue weighted by atomic mass is 9.65. The second kappa shape index (κ2) is 7.75. The number of piperidine rings is 1. The molecule has 1 aliphatic rings. The fourth-order valence-electron chi connectivity index (χ4n) is 3.42. The van der Waals surface area contributed by atoms with Crippen LogP contribution in [0.2, 0.25) is 5.02 Å². The number of hydrogen-bond donors (Lipinski definition) is 1. The lowest BCUT2D eigenvalue weighted by Crippen LogP contribution is -2.60. The number of likely N-dealkylation sites (tertiary alicyclic amines) is 1. The minimum atomic E-state index is -1.12. The smallest absolute Gasteiger partial charge is 0.410 e. The van der Waals surface area contributed by atoms with Crippen LogP contribution in [-0.2, 0) is 15.1 Å². The molecule has 1 aromatic carbocycles. The van der Waals surface area contributed by atoms with Crippen LogP contribution in [0.25, 0.3) is 0 Å². The molecular weight excluding hydrogens is 354 g/mol. The average Bonchev–Trinajstić information content (AvgIpc) is 2.54. The molecule has 0 aliphatic carbocycles. The van der Waals surface area contributed by atoms with Gasteiger partial charge in [0.1, 0.15) is 11.2 Å². The average molecular weight is 384 g/mol. The highest BCUT2D eigenvalue weighted by molar-refractivity contribution is 6.30. The summed E-state index contributed by atoms with van der Waals surface area (Å²) in [5.74, 6) is 0. The SMILES string of the molecule is CCOCC1(C)CN(C(=O)OC(C)(C)C)CCC1(O)c1ccc(Cl)cc1. The first-order chi connectivity index (χ1) is 12.0. The van der Waals surface area contributed by atoms with Gasteiger partial charge in [0.15, 0.2) is 0 Å². The van der Waals surface area contributed by atoms with Crippen molar-refractivity contribution in [2.45, 2.75) is 52.2 Å². The zero-order valence-corrected chi connectivity index (χ0v) is 17.1. The number of benzene rings is 1. The van der Waals surface area contributed by atoms with Gasteiger partial charge in [0.05, 0.1) is 6.61 Å². The van der Waals surface area contributed by atoms with Gasteiger partial charge in [-0.2, -0.15) is 0 Å². The summed E-state index contributed by atoms with van der Waals surface area (Å²) < 4.78 is 11.2. The maximum absolute atomic E-state index is 12.5. The summed E-state index contributed by atoms with van der Waals surface area (Å²) >= 11 is 6.00. The van der Waals surface area contributed by atoms with E-state index < -0.39 is 16.6 Å². The van der Waals surface area contributed by atoms with Gasteiger partial charge in [0, 0.05) is 30.1 Å². The Hall–Kier alpha value is -1.30. The number of nitrogens with zero attached hydrogens (tertiary/aromatic N) is 1. The van der Waals surface area contributed by atoms with Gasteiger partial charge in [-0.1, -0.05) is 30.7 Å². The molecule has 2 atom stereocenters. The molecule has 0 aromatic heterocycles. The molecule has 1 aromatic rings. The van der Waals surface area contributed by atoms with Crippen LogP contribution in [0.3, 0.4) is 0 Å². The molecule has 2 unspecified atom stereocenters. The molecule has 146 valence electrons. The van der Waals surface area contributed by atoms with Crippen LogP contribution in [-0.4, -0.2) is 48.0 Å². The van der Waals surface area contributed by atoms with E-state index in [1.165, 1.54) is 0 Å². The Morgan fingerprint density at radius 1 is 1.31 bits per heavy atom. The number of hydrogen-bond acceptors (Lipinski definition) is 4. The Kier molecular flexibility index (Phi) is 6.26. The molecule has 1 amide bonds. The summed E-state index contributed by atoms with van der Waals surface area (Å²) in [6.07, 6.45) is 0.0376. The van der Waals surface area contributed by atoms with Crippen molar-refractivity contribution >= 4 is 17.7 Å². The zero-order chi connectivity index (χ0) is 19.6. The summed E-state index contributed by atoms with van der Waals surface area (Å²) in [7, 11) is 0. The fourth-order valence-corrected chi connectivity index (χ4v) is 3.55. The normalized spacial score (nSPS) is 26.7.